The smallest absolute Gasteiger partial charge is 0.191 e. The van der Waals surface area contributed by atoms with Gasteiger partial charge < -0.3 is 9.30 Å². The van der Waals surface area contributed by atoms with Crippen LogP contribution in [0.2, 0.25) is 5.15 Å². The number of pyridine rings is 1. The van der Waals surface area contributed by atoms with E-state index in [1.807, 2.05) is 18.2 Å². The van der Waals surface area contributed by atoms with E-state index in [1.165, 1.54) is 5.56 Å². The molecule has 5 nitrogen and oxygen atoms in total. The van der Waals surface area contributed by atoms with E-state index >= 15 is 0 Å². The summed E-state index contributed by atoms with van der Waals surface area (Å²) < 4.78 is 8.10. The van der Waals surface area contributed by atoms with Crippen LogP contribution in [0.4, 0.5) is 0 Å². The summed E-state index contributed by atoms with van der Waals surface area (Å²) in [7, 11) is 0. The number of nitrogens with zero attached hydrogens (tertiary/aromatic N) is 4. The third-order valence-corrected chi connectivity index (χ3v) is 5.46. The van der Waals surface area contributed by atoms with Gasteiger partial charge in [-0.1, -0.05) is 62.3 Å². The van der Waals surface area contributed by atoms with Crippen molar-refractivity contribution in [2.45, 2.75) is 51.3 Å². The first-order valence-electron chi connectivity index (χ1n) is 9.42. The van der Waals surface area contributed by atoms with E-state index in [0.29, 0.717) is 17.7 Å². The van der Waals surface area contributed by atoms with E-state index in [-0.39, 0.29) is 0 Å². The van der Waals surface area contributed by atoms with Crippen molar-refractivity contribution in [3.8, 4) is 5.75 Å². The first-order chi connectivity index (χ1) is 13.5. The Labute approximate surface area is 175 Å². The molecule has 0 N–H and O–H groups in total. The number of halogens is 1. The maximum Gasteiger partial charge on any atom is 0.191 e. The van der Waals surface area contributed by atoms with Crippen molar-refractivity contribution in [2.75, 3.05) is 0 Å². The molecule has 0 unspecified atom stereocenters. The molecule has 0 fully saturated rings. The van der Waals surface area contributed by atoms with Gasteiger partial charge in [0.2, 0.25) is 0 Å². The van der Waals surface area contributed by atoms with Crippen molar-refractivity contribution in [1.82, 2.24) is 19.7 Å². The van der Waals surface area contributed by atoms with Gasteiger partial charge in [-0.2, -0.15) is 0 Å². The normalized spacial score (nSPS) is 11.2. The largest absolute Gasteiger partial charge is 0.486 e. The molecule has 0 aliphatic carbocycles. The number of aromatic nitrogens is 4. The van der Waals surface area contributed by atoms with Crippen LogP contribution in [0.25, 0.3) is 0 Å². The number of aryl methyl sites for hydroxylation is 1. The third-order valence-electron chi connectivity index (χ3n) is 4.20. The van der Waals surface area contributed by atoms with E-state index < -0.39 is 0 Å². The molecule has 0 saturated carbocycles. The lowest BCUT2D eigenvalue weighted by atomic mass is 10.2. The molecule has 0 atom stereocenters. The number of thioether (sulfide) groups is 1. The van der Waals surface area contributed by atoms with E-state index in [2.05, 4.69) is 52.7 Å². The molecule has 2 heterocycles. The molecule has 3 aromatic rings. The van der Waals surface area contributed by atoms with Crippen molar-refractivity contribution >= 4 is 23.4 Å². The van der Waals surface area contributed by atoms with E-state index in [9.17, 15) is 0 Å². The van der Waals surface area contributed by atoms with Crippen LogP contribution in [0.5, 0.6) is 5.75 Å². The van der Waals surface area contributed by atoms with Gasteiger partial charge in [-0.25, -0.2) is 4.98 Å². The summed E-state index contributed by atoms with van der Waals surface area (Å²) >= 11 is 7.50. The average Bonchev–Trinajstić information content (AvgIpc) is 3.07. The first-order valence-corrected chi connectivity index (χ1v) is 10.8. The fourth-order valence-electron chi connectivity index (χ4n) is 2.69. The molecule has 0 spiro atoms. The molecule has 7 heteroatoms. The zero-order valence-corrected chi connectivity index (χ0v) is 18.0. The molecule has 0 radical (unpaired) electrons. The Balaban J connectivity index is 1.68. The molecule has 3 rings (SSSR count). The van der Waals surface area contributed by atoms with E-state index in [4.69, 9.17) is 16.3 Å². The molecule has 0 aliphatic rings. The molecule has 0 aliphatic heterocycles. The Bertz CT molecular complexity index is 878. The fourth-order valence-corrected chi connectivity index (χ4v) is 3.70. The van der Waals surface area contributed by atoms with Crippen LogP contribution in [0.15, 0.2) is 47.8 Å². The number of rotatable bonds is 9. The maximum absolute atomic E-state index is 5.95. The van der Waals surface area contributed by atoms with Gasteiger partial charge in [0.25, 0.3) is 0 Å². The predicted octanol–water partition coefficient (Wildman–Crippen LogP) is 5.42. The zero-order chi connectivity index (χ0) is 19.9. The summed E-state index contributed by atoms with van der Waals surface area (Å²) in [5.41, 5.74) is 2.40. The summed E-state index contributed by atoms with van der Waals surface area (Å²) in [5, 5.41) is 10.2. The highest BCUT2D eigenvalue weighted by molar-refractivity contribution is 7.98. The van der Waals surface area contributed by atoms with Gasteiger partial charge in [0.15, 0.2) is 11.0 Å². The molecule has 148 valence electrons. The Hall–Kier alpha value is -2.05. The SMILES string of the molecule is CCc1ccc(OCc2nnc(SCc3ccc(Cl)nc3)n2CC(C)C)cc1. The zero-order valence-electron chi connectivity index (χ0n) is 16.4. The number of hydrogen-bond acceptors (Lipinski definition) is 5. The molecule has 0 bridgehead atoms. The highest BCUT2D eigenvalue weighted by atomic mass is 35.5. The summed E-state index contributed by atoms with van der Waals surface area (Å²) in [6.45, 7) is 7.76. The summed E-state index contributed by atoms with van der Waals surface area (Å²) in [6.07, 6.45) is 2.81. The lowest BCUT2D eigenvalue weighted by molar-refractivity contribution is 0.284. The highest BCUT2D eigenvalue weighted by Gasteiger charge is 2.15. The molecule has 2 aromatic heterocycles. The second-order valence-electron chi connectivity index (χ2n) is 6.97. The van der Waals surface area contributed by atoms with E-state index in [0.717, 1.165) is 41.0 Å². The summed E-state index contributed by atoms with van der Waals surface area (Å²) in [4.78, 5) is 4.13. The summed E-state index contributed by atoms with van der Waals surface area (Å²) in [6, 6.07) is 12.0. The monoisotopic (exact) mass is 416 g/mol. The van der Waals surface area contributed by atoms with Crippen LogP contribution < -0.4 is 4.74 Å². The van der Waals surface area contributed by atoms with Crippen LogP contribution in [0, 0.1) is 5.92 Å². The number of ether oxygens (including phenoxy) is 1. The predicted molar refractivity (Wildman–Crippen MR) is 114 cm³/mol. The quantitative estimate of drug-likeness (QED) is 0.344. The minimum absolute atomic E-state index is 0.397. The van der Waals surface area contributed by atoms with Crippen LogP contribution in [-0.4, -0.2) is 19.7 Å². The van der Waals surface area contributed by atoms with Gasteiger partial charge >= 0.3 is 0 Å². The topological polar surface area (TPSA) is 52.8 Å². The number of hydrogen-bond donors (Lipinski definition) is 0. The van der Waals surface area contributed by atoms with Gasteiger partial charge in [-0.3, -0.25) is 0 Å². The molecule has 28 heavy (non-hydrogen) atoms. The molecular weight excluding hydrogens is 392 g/mol. The third kappa shape index (κ3) is 5.72. The van der Waals surface area contributed by atoms with Crippen LogP contribution in [0.3, 0.4) is 0 Å². The average molecular weight is 417 g/mol. The van der Waals surface area contributed by atoms with Crippen molar-refractivity contribution < 1.29 is 4.74 Å². The van der Waals surface area contributed by atoms with Crippen molar-refractivity contribution in [3.05, 3.63) is 64.7 Å². The Morgan fingerprint density at radius 1 is 1.07 bits per heavy atom. The first kappa shape index (κ1) is 20.7. The molecule has 0 saturated heterocycles. The summed E-state index contributed by atoms with van der Waals surface area (Å²) in [5.74, 6) is 2.93. The minimum atomic E-state index is 0.397. The second kappa shape index (κ2) is 9.94. The molecule has 1 aromatic carbocycles. The highest BCUT2D eigenvalue weighted by Crippen LogP contribution is 2.24. The van der Waals surface area contributed by atoms with Crippen LogP contribution in [0.1, 0.15) is 37.7 Å². The van der Waals surface area contributed by atoms with Gasteiger partial charge in [-0.05, 0) is 41.7 Å². The van der Waals surface area contributed by atoms with Crippen LogP contribution >= 0.6 is 23.4 Å². The second-order valence-corrected chi connectivity index (χ2v) is 8.30. The van der Waals surface area contributed by atoms with Crippen molar-refractivity contribution in [3.63, 3.8) is 0 Å². The van der Waals surface area contributed by atoms with Crippen molar-refractivity contribution in [1.29, 1.82) is 0 Å². The fraction of sp³-hybridized carbons (Fsp3) is 0.381. The van der Waals surface area contributed by atoms with Gasteiger partial charge in [-0.15, -0.1) is 10.2 Å². The molecule has 0 amide bonds. The maximum atomic E-state index is 5.95. The molecular formula is C21H25ClN4OS. The number of benzene rings is 1. The lowest BCUT2D eigenvalue weighted by Gasteiger charge is -2.13. The Morgan fingerprint density at radius 2 is 1.82 bits per heavy atom. The Kier molecular flexibility index (Phi) is 7.34. The lowest BCUT2D eigenvalue weighted by Crippen LogP contribution is -2.12. The van der Waals surface area contributed by atoms with Gasteiger partial charge in [0, 0.05) is 18.5 Å². The standard InChI is InChI=1S/C21H25ClN4OS/c1-4-16-5-8-18(9-6-16)27-13-20-24-25-21(26(20)12-15(2)3)28-14-17-7-10-19(22)23-11-17/h5-11,15H,4,12-14H2,1-3H3. The minimum Gasteiger partial charge on any atom is -0.486 e. The van der Waals surface area contributed by atoms with Crippen LogP contribution in [-0.2, 0) is 25.3 Å². The van der Waals surface area contributed by atoms with E-state index in [1.54, 1.807) is 24.0 Å². The van der Waals surface area contributed by atoms with Gasteiger partial charge in [0.1, 0.15) is 17.5 Å². The Morgan fingerprint density at radius 3 is 2.46 bits per heavy atom. The van der Waals surface area contributed by atoms with Crippen molar-refractivity contribution in [2.24, 2.45) is 5.92 Å². The van der Waals surface area contributed by atoms with Gasteiger partial charge in [0.05, 0.1) is 0 Å².